The standard InChI is InChI=1S/C45H78NO8P/c1-3-5-7-9-11-13-15-17-19-20-21-22-24-26-28-30-32-34-36-38-45(48)54-43(42-53-55(49,50)52-40-39-46)41-51-44(47)37-35-33-31-29-27-25-23-18-16-14-12-10-8-6-4-2/h11,13,17-19,21-23,26,28,32,34,43H,3-10,12,14-16,20,24-25,27,29-31,33,35-42,46H2,1-2H3,(H,49,50)/b13-11+,19-17+,22-21+,23-18+,28-26+,34-32+/t43-/m1/s1. The van der Waals surface area contributed by atoms with Gasteiger partial charge in [0.05, 0.1) is 13.2 Å². The molecule has 0 aromatic carbocycles. The molecule has 9 nitrogen and oxygen atoms in total. The molecule has 0 saturated heterocycles. The Morgan fingerprint density at radius 1 is 0.545 bits per heavy atom. The van der Waals surface area contributed by atoms with E-state index in [4.69, 9.17) is 24.3 Å². The molecule has 0 fully saturated rings. The molecule has 0 bridgehead atoms. The largest absolute Gasteiger partial charge is 0.472 e. The van der Waals surface area contributed by atoms with Crippen molar-refractivity contribution in [2.45, 2.75) is 174 Å². The molecule has 0 saturated carbocycles. The number of hydrogen-bond acceptors (Lipinski definition) is 8. The predicted octanol–water partition coefficient (Wildman–Crippen LogP) is 12.3. The van der Waals surface area contributed by atoms with Crippen molar-refractivity contribution in [3.63, 3.8) is 0 Å². The lowest BCUT2D eigenvalue weighted by Gasteiger charge is -2.19. The third-order valence-electron chi connectivity index (χ3n) is 8.58. The van der Waals surface area contributed by atoms with Gasteiger partial charge in [-0.3, -0.25) is 18.6 Å². The zero-order valence-electron chi connectivity index (χ0n) is 34.6. The number of allylic oxidation sites excluding steroid dienone is 12. The molecule has 0 aromatic rings. The van der Waals surface area contributed by atoms with Crippen LogP contribution >= 0.6 is 7.82 Å². The van der Waals surface area contributed by atoms with Crippen LogP contribution in [0.15, 0.2) is 72.9 Å². The van der Waals surface area contributed by atoms with E-state index >= 15 is 0 Å². The van der Waals surface area contributed by atoms with Crippen LogP contribution in [0, 0.1) is 0 Å². The van der Waals surface area contributed by atoms with Crippen molar-refractivity contribution in [2.24, 2.45) is 5.73 Å². The maximum Gasteiger partial charge on any atom is 0.472 e. The first kappa shape index (κ1) is 52.5. The summed E-state index contributed by atoms with van der Waals surface area (Å²) in [6.07, 6.45) is 49.4. The van der Waals surface area contributed by atoms with Gasteiger partial charge in [0.25, 0.3) is 0 Å². The third-order valence-corrected chi connectivity index (χ3v) is 9.56. The van der Waals surface area contributed by atoms with Gasteiger partial charge in [-0.25, -0.2) is 4.57 Å². The average Bonchev–Trinajstić information content (AvgIpc) is 3.17. The number of carbonyl (C=O) groups excluding carboxylic acids is 2. The zero-order chi connectivity index (χ0) is 40.3. The van der Waals surface area contributed by atoms with E-state index in [1.54, 1.807) is 0 Å². The Hall–Kier alpha value is -2.55. The number of phosphoric ester groups is 1. The fraction of sp³-hybridized carbons (Fsp3) is 0.689. The van der Waals surface area contributed by atoms with Crippen molar-refractivity contribution < 1.29 is 37.6 Å². The monoisotopic (exact) mass is 792 g/mol. The number of ether oxygens (including phenoxy) is 2. The van der Waals surface area contributed by atoms with Crippen molar-refractivity contribution in [3.05, 3.63) is 72.9 Å². The van der Waals surface area contributed by atoms with Gasteiger partial charge in [0, 0.05) is 19.4 Å². The number of hydrogen-bond donors (Lipinski definition) is 2. The molecule has 0 spiro atoms. The van der Waals surface area contributed by atoms with E-state index in [0.29, 0.717) is 12.8 Å². The Balaban J connectivity index is 4.32. The van der Waals surface area contributed by atoms with Crippen LogP contribution in [0.25, 0.3) is 0 Å². The molecule has 10 heteroatoms. The van der Waals surface area contributed by atoms with Gasteiger partial charge in [-0.2, -0.15) is 0 Å². The van der Waals surface area contributed by atoms with Crippen molar-refractivity contribution in [3.8, 4) is 0 Å². The highest BCUT2D eigenvalue weighted by atomic mass is 31.2. The minimum absolute atomic E-state index is 0.0379. The second kappa shape index (κ2) is 41.1. The molecule has 0 aromatic heterocycles. The normalized spacial score (nSPS) is 14.0. The molecule has 0 aliphatic carbocycles. The topological polar surface area (TPSA) is 134 Å². The summed E-state index contributed by atoms with van der Waals surface area (Å²) < 4.78 is 32.7. The Morgan fingerprint density at radius 2 is 0.982 bits per heavy atom. The van der Waals surface area contributed by atoms with Crippen molar-refractivity contribution >= 4 is 19.8 Å². The summed E-state index contributed by atoms with van der Waals surface area (Å²) in [7, 11) is -4.40. The maximum absolute atomic E-state index is 12.5. The molecule has 2 atom stereocenters. The van der Waals surface area contributed by atoms with E-state index in [1.807, 2.05) is 12.2 Å². The molecule has 0 rings (SSSR count). The highest BCUT2D eigenvalue weighted by Gasteiger charge is 2.25. The quantitative estimate of drug-likeness (QED) is 0.0270. The van der Waals surface area contributed by atoms with Crippen LogP contribution in [0.3, 0.4) is 0 Å². The molecule has 1 unspecified atom stereocenters. The number of esters is 2. The molecule has 0 radical (unpaired) electrons. The van der Waals surface area contributed by atoms with Gasteiger partial charge >= 0.3 is 19.8 Å². The first-order valence-electron chi connectivity index (χ1n) is 21.4. The van der Waals surface area contributed by atoms with Gasteiger partial charge < -0.3 is 20.1 Å². The third kappa shape index (κ3) is 40.9. The Morgan fingerprint density at radius 3 is 1.53 bits per heavy atom. The van der Waals surface area contributed by atoms with Crippen LogP contribution in [0.5, 0.6) is 0 Å². The van der Waals surface area contributed by atoms with Gasteiger partial charge in [0.2, 0.25) is 0 Å². The van der Waals surface area contributed by atoms with Gasteiger partial charge in [-0.1, -0.05) is 151 Å². The van der Waals surface area contributed by atoms with Crippen LogP contribution in [0.4, 0.5) is 0 Å². The molecule has 0 heterocycles. The molecule has 0 aliphatic heterocycles. The van der Waals surface area contributed by atoms with E-state index in [9.17, 15) is 19.0 Å². The lowest BCUT2D eigenvalue weighted by Crippen LogP contribution is -2.29. The SMILES string of the molecule is CCCCC/C=C/C/C=C/C/C=C/C/C=C/C/C=C/CCC(=O)O[C@H](COC(=O)CCCCCCC/C=C/CCCCCCCC)COP(=O)(O)OCCN. The predicted molar refractivity (Wildman–Crippen MR) is 229 cm³/mol. The smallest absolute Gasteiger partial charge is 0.462 e. The minimum Gasteiger partial charge on any atom is -0.462 e. The summed E-state index contributed by atoms with van der Waals surface area (Å²) in [6.45, 7) is 3.59. The number of nitrogens with two attached hydrogens (primary N) is 1. The summed E-state index contributed by atoms with van der Waals surface area (Å²) in [5, 5.41) is 0. The van der Waals surface area contributed by atoms with Gasteiger partial charge in [-0.05, 0) is 77.0 Å². The van der Waals surface area contributed by atoms with Crippen LogP contribution in [0.1, 0.15) is 168 Å². The summed E-state index contributed by atoms with van der Waals surface area (Å²) in [6, 6.07) is 0. The van der Waals surface area contributed by atoms with E-state index < -0.39 is 32.5 Å². The molecular formula is C45H78NO8P. The summed E-state index contributed by atoms with van der Waals surface area (Å²) in [4.78, 5) is 34.8. The summed E-state index contributed by atoms with van der Waals surface area (Å²) in [5.74, 6) is -0.940. The lowest BCUT2D eigenvalue weighted by molar-refractivity contribution is -0.161. The average molecular weight is 792 g/mol. The van der Waals surface area contributed by atoms with Crippen LogP contribution in [-0.4, -0.2) is 49.3 Å². The fourth-order valence-electron chi connectivity index (χ4n) is 5.37. The van der Waals surface area contributed by atoms with E-state index in [-0.39, 0.29) is 32.6 Å². The maximum atomic E-state index is 12.5. The molecular weight excluding hydrogens is 713 g/mol. The second-order valence-electron chi connectivity index (χ2n) is 13.8. The zero-order valence-corrected chi connectivity index (χ0v) is 35.5. The molecule has 0 aliphatic rings. The van der Waals surface area contributed by atoms with Crippen LogP contribution in [-0.2, 0) is 32.7 Å². The highest BCUT2D eigenvalue weighted by Crippen LogP contribution is 2.43. The van der Waals surface area contributed by atoms with Crippen molar-refractivity contribution in [1.82, 2.24) is 0 Å². The Bertz CT molecular complexity index is 1130. The van der Waals surface area contributed by atoms with E-state index in [0.717, 1.165) is 57.8 Å². The lowest BCUT2D eigenvalue weighted by atomic mass is 10.1. The number of rotatable bonds is 39. The van der Waals surface area contributed by atoms with Gasteiger partial charge in [0.1, 0.15) is 6.61 Å². The highest BCUT2D eigenvalue weighted by molar-refractivity contribution is 7.47. The van der Waals surface area contributed by atoms with Crippen LogP contribution in [0.2, 0.25) is 0 Å². The Kier molecular flexibility index (Phi) is 39.2. The van der Waals surface area contributed by atoms with E-state index in [2.05, 4.69) is 74.6 Å². The number of phosphoric acid groups is 1. The van der Waals surface area contributed by atoms with Crippen molar-refractivity contribution in [2.75, 3.05) is 26.4 Å². The molecule has 3 N–H and O–H groups in total. The van der Waals surface area contributed by atoms with E-state index in [1.165, 1.54) is 70.6 Å². The summed E-state index contributed by atoms with van der Waals surface area (Å²) >= 11 is 0. The van der Waals surface area contributed by atoms with Gasteiger partial charge in [0.15, 0.2) is 6.10 Å². The fourth-order valence-corrected chi connectivity index (χ4v) is 6.14. The number of carbonyl (C=O) groups is 2. The first-order valence-corrected chi connectivity index (χ1v) is 22.9. The van der Waals surface area contributed by atoms with Gasteiger partial charge in [-0.15, -0.1) is 0 Å². The molecule has 316 valence electrons. The molecule has 0 amide bonds. The van der Waals surface area contributed by atoms with Crippen molar-refractivity contribution in [1.29, 1.82) is 0 Å². The summed E-state index contributed by atoms with van der Waals surface area (Å²) in [5.41, 5.74) is 5.34. The second-order valence-corrected chi connectivity index (χ2v) is 15.3. The first-order chi connectivity index (χ1) is 26.8. The minimum atomic E-state index is -4.40. The number of unbranched alkanes of at least 4 members (excludes halogenated alkanes) is 14. The van der Waals surface area contributed by atoms with Crippen LogP contribution < -0.4 is 5.73 Å². The Labute approximate surface area is 335 Å². The molecule has 55 heavy (non-hydrogen) atoms.